The molecule has 2 rings (SSSR count). The molecular formula is C11H11BrN2O2S2. The van der Waals surface area contributed by atoms with Gasteiger partial charge in [0, 0.05) is 15.0 Å². The molecule has 96 valence electrons. The first-order valence-corrected chi connectivity index (χ1v) is 8.27. The number of nitrogens with one attached hydrogen (secondary N) is 1. The summed E-state index contributed by atoms with van der Waals surface area (Å²) >= 11 is 5.10. The van der Waals surface area contributed by atoms with Crippen molar-refractivity contribution in [2.24, 2.45) is 5.14 Å². The van der Waals surface area contributed by atoms with Gasteiger partial charge in [0.2, 0.25) is 10.0 Å². The van der Waals surface area contributed by atoms with Crippen molar-refractivity contribution in [3.05, 3.63) is 45.1 Å². The summed E-state index contributed by atoms with van der Waals surface area (Å²) in [5, 5.41) is 10.2. The molecule has 2 aromatic rings. The van der Waals surface area contributed by atoms with Crippen LogP contribution in [-0.4, -0.2) is 8.42 Å². The van der Waals surface area contributed by atoms with E-state index >= 15 is 0 Å². The van der Waals surface area contributed by atoms with Crippen LogP contribution >= 0.6 is 27.3 Å². The van der Waals surface area contributed by atoms with E-state index in [-0.39, 0.29) is 4.90 Å². The van der Waals surface area contributed by atoms with Gasteiger partial charge in [0.1, 0.15) is 0 Å². The Kier molecular flexibility index (Phi) is 4.06. The molecule has 0 radical (unpaired) electrons. The average Bonchev–Trinajstić information content (AvgIpc) is 2.72. The fraction of sp³-hybridized carbons (Fsp3) is 0.0909. The van der Waals surface area contributed by atoms with E-state index < -0.39 is 10.0 Å². The van der Waals surface area contributed by atoms with Crippen LogP contribution in [0.25, 0.3) is 0 Å². The van der Waals surface area contributed by atoms with E-state index in [0.29, 0.717) is 6.54 Å². The zero-order valence-corrected chi connectivity index (χ0v) is 12.5. The number of nitrogens with two attached hydrogens (primary N) is 1. The Morgan fingerprint density at radius 3 is 2.39 bits per heavy atom. The summed E-state index contributed by atoms with van der Waals surface area (Å²) in [6, 6.07) is 8.36. The van der Waals surface area contributed by atoms with Crippen molar-refractivity contribution >= 4 is 43.0 Å². The summed E-state index contributed by atoms with van der Waals surface area (Å²) in [5.41, 5.74) is 0.850. The lowest BCUT2D eigenvalue weighted by Crippen LogP contribution is -2.11. The summed E-state index contributed by atoms with van der Waals surface area (Å²) < 4.78 is 23.2. The standard InChI is InChI=1S/C11H11BrN2O2S2/c12-10-5-6-17-11(10)7-14-8-1-3-9(4-2-8)18(13,15)16/h1-6,14H,7H2,(H2,13,15,16). The van der Waals surface area contributed by atoms with Gasteiger partial charge in [0.05, 0.1) is 11.4 Å². The molecule has 0 aliphatic rings. The Hall–Kier alpha value is -0.890. The van der Waals surface area contributed by atoms with Gasteiger partial charge in [0.25, 0.3) is 0 Å². The lowest BCUT2D eigenvalue weighted by Gasteiger charge is -2.06. The predicted molar refractivity (Wildman–Crippen MR) is 77.2 cm³/mol. The molecule has 0 spiro atoms. The second-order valence-corrected chi connectivity index (χ2v) is 7.03. The van der Waals surface area contributed by atoms with Gasteiger partial charge in [-0.25, -0.2) is 13.6 Å². The number of thiophene rings is 1. The quantitative estimate of drug-likeness (QED) is 0.893. The van der Waals surface area contributed by atoms with E-state index in [1.54, 1.807) is 23.5 Å². The molecule has 4 nitrogen and oxygen atoms in total. The van der Waals surface area contributed by atoms with Crippen molar-refractivity contribution in [2.45, 2.75) is 11.4 Å². The maximum absolute atomic E-state index is 11.1. The molecule has 1 heterocycles. The van der Waals surface area contributed by atoms with Crippen LogP contribution in [0.15, 0.2) is 45.1 Å². The molecule has 1 aromatic heterocycles. The van der Waals surface area contributed by atoms with Crippen LogP contribution < -0.4 is 10.5 Å². The molecule has 0 bridgehead atoms. The third-order valence-electron chi connectivity index (χ3n) is 2.33. The number of hydrogen-bond acceptors (Lipinski definition) is 4. The molecule has 0 amide bonds. The molecular weight excluding hydrogens is 336 g/mol. The first kappa shape index (κ1) is 13.5. The summed E-state index contributed by atoms with van der Waals surface area (Å²) in [7, 11) is -3.62. The molecule has 0 saturated carbocycles. The van der Waals surface area contributed by atoms with E-state index in [2.05, 4.69) is 21.2 Å². The van der Waals surface area contributed by atoms with Crippen molar-refractivity contribution in [1.29, 1.82) is 0 Å². The van der Waals surface area contributed by atoms with E-state index in [1.807, 2.05) is 11.4 Å². The summed E-state index contributed by atoms with van der Waals surface area (Å²) in [4.78, 5) is 1.30. The number of sulfonamides is 1. The molecule has 0 unspecified atom stereocenters. The normalized spacial score (nSPS) is 11.4. The van der Waals surface area contributed by atoms with Crippen molar-refractivity contribution in [3.63, 3.8) is 0 Å². The molecule has 18 heavy (non-hydrogen) atoms. The Balaban J connectivity index is 2.05. The minimum Gasteiger partial charge on any atom is -0.380 e. The Bertz CT molecular complexity index is 635. The zero-order chi connectivity index (χ0) is 13.2. The lowest BCUT2D eigenvalue weighted by molar-refractivity contribution is 0.598. The van der Waals surface area contributed by atoms with Crippen molar-refractivity contribution in [3.8, 4) is 0 Å². The third-order valence-corrected chi connectivity index (χ3v) is 5.18. The maximum atomic E-state index is 11.1. The van der Waals surface area contributed by atoms with E-state index in [9.17, 15) is 8.42 Å². The molecule has 1 aromatic carbocycles. The number of benzene rings is 1. The second kappa shape index (κ2) is 5.40. The van der Waals surface area contributed by atoms with Crippen LogP contribution in [0.2, 0.25) is 0 Å². The van der Waals surface area contributed by atoms with Gasteiger partial charge >= 0.3 is 0 Å². The molecule has 7 heteroatoms. The largest absolute Gasteiger partial charge is 0.380 e. The fourth-order valence-corrected chi connectivity index (χ4v) is 3.34. The Morgan fingerprint density at radius 2 is 1.89 bits per heavy atom. The maximum Gasteiger partial charge on any atom is 0.238 e. The number of hydrogen-bond donors (Lipinski definition) is 2. The van der Waals surface area contributed by atoms with Gasteiger partial charge in [-0.3, -0.25) is 0 Å². The Labute approximate surface area is 118 Å². The number of primary sulfonamides is 1. The first-order valence-electron chi connectivity index (χ1n) is 5.05. The minimum absolute atomic E-state index is 0.116. The highest BCUT2D eigenvalue weighted by molar-refractivity contribution is 9.10. The molecule has 3 N–H and O–H groups in total. The van der Waals surface area contributed by atoms with Crippen LogP contribution in [0.4, 0.5) is 5.69 Å². The number of rotatable bonds is 4. The monoisotopic (exact) mass is 346 g/mol. The van der Waals surface area contributed by atoms with E-state index in [0.717, 1.165) is 10.2 Å². The highest BCUT2D eigenvalue weighted by Gasteiger charge is 2.07. The summed E-state index contributed by atoms with van der Waals surface area (Å²) in [6.07, 6.45) is 0. The number of halogens is 1. The second-order valence-electron chi connectivity index (χ2n) is 3.61. The smallest absolute Gasteiger partial charge is 0.238 e. The molecule has 0 saturated heterocycles. The third kappa shape index (κ3) is 3.32. The molecule has 0 aliphatic heterocycles. The first-order chi connectivity index (χ1) is 8.47. The molecule has 0 aliphatic carbocycles. The van der Waals surface area contributed by atoms with Crippen LogP contribution in [0, 0.1) is 0 Å². The van der Waals surface area contributed by atoms with Crippen molar-refractivity contribution in [2.75, 3.05) is 5.32 Å². The minimum atomic E-state index is -3.62. The van der Waals surface area contributed by atoms with E-state index in [1.165, 1.54) is 17.0 Å². The number of anilines is 1. The van der Waals surface area contributed by atoms with Crippen molar-refractivity contribution < 1.29 is 8.42 Å². The molecule has 0 fully saturated rings. The SMILES string of the molecule is NS(=O)(=O)c1ccc(NCc2sccc2Br)cc1. The van der Waals surface area contributed by atoms with Crippen LogP contribution in [0.1, 0.15) is 4.88 Å². The lowest BCUT2D eigenvalue weighted by atomic mass is 10.3. The Morgan fingerprint density at radius 1 is 1.22 bits per heavy atom. The predicted octanol–water partition coefficient (Wildman–Crippen LogP) is 2.77. The van der Waals surface area contributed by atoms with Crippen LogP contribution in [0.3, 0.4) is 0 Å². The fourth-order valence-electron chi connectivity index (χ4n) is 1.40. The van der Waals surface area contributed by atoms with Gasteiger partial charge in [-0.2, -0.15) is 0 Å². The van der Waals surface area contributed by atoms with Gasteiger partial charge in [-0.05, 0) is 51.6 Å². The van der Waals surface area contributed by atoms with Gasteiger partial charge in [-0.15, -0.1) is 11.3 Å². The van der Waals surface area contributed by atoms with Crippen LogP contribution in [0.5, 0.6) is 0 Å². The highest BCUT2D eigenvalue weighted by atomic mass is 79.9. The summed E-state index contributed by atoms with van der Waals surface area (Å²) in [5.74, 6) is 0. The van der Waals surface area contributed by atoms with Gasteiger partial charge in [-0.1, -0.05) is 0 Å². The average molecular weight is 347 g/mol. The summed E-state index contributed by atoms with van der Waals surface area (Å²) in [6.45, 7) is 0.687. The van der Waals surface area contributed by atoms with Gasteiger partial charge in [0.15, 0.2) is 0 Å². The van der Waals surface area contributed by atoms with Crippen molar-refractivity contribution in [1.82, 2.24) is 0 Å². The molecule has 0 atom stereocenters. The van der Waals surface area contributed by atoms with Gasteiger partial charge < -0.3 is 5.32 Å². The van der Waals surface area contributed by atoms with Crippen LogP contribution in [-0.2, 0) is 16.6 Å². The zero-order valence-electron chi connectivity index (χ0n) is 9.26. The highest BCUT2D eigenvalue weighted by Crippen LogP contribution is 2.23. The topological polar surface area (TPSA) is 72.2 Å². The van der Waals surface area contributed by atoms with E-state index in [4.69, 9.17) is 5.14 Å².